The second kappa shape index (κ2) is 7.76. The molecule has 1 amide bonds. The fraction of sp³-hybridized carbons (Fsp3) is 0.278. The van der Waals surface area contributed by atoms with E-state index in [2.05, 4.69) is 10.0 Å². The van der Waals surface area contributed by atoms with Crippen molar-refractivity contribution >= 4 is 15.9 Å². The Labute approximate surface area is 152 Å². The number of ether oxygens (including phenoxy) is 2. The Kier molecular flexibility index (Phi) is 5.43. The van der Waals surface area contributed by atoms with Gasteiger partial charge in [-0.25, -0.2) is 13.1 Å². The fourth-order valence-corrected chi connectivity index (χ4v) is 3.68. The van der Waals surface area contributed by atoms with Gasteiger partial charge in [-0.05, 0) is 42.3 Å². The number of amides is 1. The Bertz CT molecular complexity index is 912. The van der Waals surface area contributed by atoms with Gasteiger partial charge in [0.15, 0.2) is 11.5 Å². The van der Waals surface area contributed by atoms with E-state index in [4.69, 9.17) is 9.47 Å². The summed E-state index contributed by atoms with van der Waals surface area (Å²) in [5, 5.41) is 2.80. The molecule has 1 heterocycles. The molecule has 2 aromatic carbocycles. The van der Waals surface area contributed by atoms with Crippen molar-refractivity contribution in [1.29, 1.82) is 0 Å². The van der Waals surface area contributed by atoms with Gasteiger partial charge in [0.1, 0.15) is 0 Å². The van der Waals surface area contributed by atoms with Crippen molar-refractivity contribution in [3.8, 4) is 11.5 Å². The predicted octanol–water partition coefficient (Wildman–Crippen LogP) is 1.69. The molecule has 1 aliphatic heterocycles. The van der Waals surface area contributed by atoms with Crippen LogP contribution in [0, 0.1) is 0 Å². The molecule has 0 atom stereocenters. The molecular formula is C18H20N2O5S. The van der Waals surface area contributed by atoms with E-state index in [1.807, 2.05) is 18.2 Å². The van der Waals surface area contributed by atoms with E-state index in [-0.39, 0.29) is 24.1 Å². The van der Waals surface area contributed by atoms with Gasteiger partial charge in [0.25, 0.3) is 5.91 Å². The van der Waals surface area contributed by atoms with E-state index in [0.717, 1.165) is 11.3 Å². The summed E-state index contributed by atoms with van der Waals surface area (Å²) >= 11 is 0. The van der Waals surface area contributed by atoms with Gasteiger partial charge in [0, 0.05) is 18.7 Å². The number of carbonyl (C=O) groups excluding carboxylic acids is 1. The first-order chi connectivity index (χ1) is 12.5. The Morgan fingerprint density at radius 3 is 2.73 bits per heavy atom. The SMILES string of the molecule is CCNS(=O)(=O)c1cccc(C(=O)NCCc2ccc3c(c2)OCO3)c1. The molecule has 3 rings (SSSR count). The Hall–Kier alpha value is -2.58. The highest BCUT2D eigenvalue weighted by molar-refractivity contribution is 7.89. The van der Waals surface area contributed by atoms with Gasteiger partial charge in [0.05, 0.1) is 4.90 Å². The minimum atomic E-state index is -3.59. The minimum Gasteiger partial charge on any atom is -0.454 e. The molecule has 8 heteroatoms. The van der Waals surface area contributed by atoms with Crippen LogP contribution in [-0.4, -0.2) is 34.2 Å². The van der Waals surface area contributed by atoms with E-state index in [1.54, 1.807) is 19.1 Å². The van der Waals surface area contributed by atoms with Gasteiger partial charge in [-0.15, -0.1) is 0 Å². The van der Waals surface area contributed by atoms with Gasteiger partial charge >= 0.3 is 0 Å². The maximum atomic E-state index is 12.3. The van der Waals surface area contributed by atoms with Crippen LogP contribution in [0.1, 0.15) is 22.8 Å². The molecule has 0 saturated carbocycles. The molecule has 1 aliphatic rings. The maximum Gasteiger partial charge on any atom is 0.251 e. The summed E-state index contributed by atoms with van der Waals surface area (Å²) in [6.45, 7) is 2.63. The lowest BCUT2D eigenvalue weighted by Crippen LogP contribution is -2.27. The van der Waals surface area contributed by atoms with Crippen molar-refractivity contribution in [2.45, 2.75) is 18.2 Å². The summed E-state index contributed by atoms with van der Waals surface area (Å²) in [4.78, 5) is 12.4. The zero-order valence-electron chi connectivity index (χ0n) is 14.3. The van der Waals surface area contributed by atoms with Crippen LogP contribution in [0.2, 0.25) is 0 Å². The zero-order chi connectivity index (χ0) is 18.6. The monoisotopic (exact) mass is 376 g/mol. The first-order valence-corrected chi connectivity index (χ1v) is 9.74. The van der Waals surface area contributed by atoms with Crippen LogP contribution in [0.4, 0.5) is 0 Å². The van der Waals surface area contributed by atoms with Gasteiger partial charge in [-0.3, -0.25) is 4.79 Å². The van der Waals surface area contributed by atoms with Crippen molar-refractivity contribution in [3.63, 3.8) is 0 Å². The smallest absolute Gasteiger partial charge is 0.251 e. The second-order valence-electron chi connectivity index (χ2n) is 5.72. The molecule has 0 saturated heterocycles. The predicted molar refractivity (Wildman–Crippen MR) is 95.9 cm³/mol. The second-order valence-corrected chi connectivity index (χ2v) is 7.49. The molecular weight excluding hydrogens is 356 g/mol. The van der Waals surface area contributed by atoms with Crippen molar-refractivity contribution in [1.82, 2.24) is 10.0 Å². The third-order valence-corrected chi connectivity index (χ3v) is 5.42. The maximum absolute atomic E-state index is 12.3. The molecule has 0 fully saturated rings. The van der Waals surface area contributed by atoms with Crippen LogP contribution in [0.3, 0.4) is 0 Å². The Morgan fingerprint density at radius 2 is 1.92 bits per heavy atom. The highest BCUT2D eigenvalue weighted by atomic mass is 32.2. The van der Waals surface area contributed by atoms with Gasteiger partial charge < -0.3 is 14.8 Å². The van der Waals surface area contributed by atoms with Gasteiger partial charge in [-0.2, -0.15) is 0 Å². The molecule has 26 heavy (non-hydrogen) atoms. The fourth-order valence-electron chi connectivity index (χ4n) is 2.60. The molecule has 0 spiro atoms. The van der Waals surface area contributed by atoms with E-state index in [0.29, 0.717) is 24.3 Å². The number of rotatable bonds is 7. The molecule has 138 valence electrons. The number of nitrogens with one attached hydrogen (secondary N) is 2. The van der Waals surface area contributed by atoms with E-state index < -0.39 is 10.0 Å². The van der Waals surface area contributed by atoms with Crippen LogP contribution in [-0.2, 0) is 16.4 Å². The van der Waals surface area contributed by atoms with Crippen molar-refractivity contribution < 1.29 is 22.7 Å². The summed E-state index contributed by atoms with van der Waals surface area (Å²) in [7, 11) is -3.59. The minimum absolute atomic E-state index is 0.0720. The average molecular weight is 376 g/mol. The summed E-state index contributed by atoms with van der Waals surface area (Å²) in [6, 6.07) is 11.6. The van der Waals surface area contributed by atoms with Crippen LogP contribution in [0.25, 0.3) is 0 Å². The Balaban J connectivity index is 1.60. The largest absolute Gasteiger partial charge is 0.454 e. The molecule has 2 N–H and O–H groups in total. The summed E-state index contributed by atoms with van der Waals surface area (Å²) in [6.07, 6.45) is 0.623. The Morgan fingerprint density at radius 1 is 1.12 bits per heavy atom. The van der Waals surface area contributed by atoms with Crippen molar-refractivity contribution in [3.05, 3.63) is 53.6 Å². The third-order valence-electron chi connectivity index (χ3n) is 3.88. The van der Waals surface area contributed by atoms with Crippen molar-refractivity contribution in [2.75, 3.05) is 19.9 Å². The summed E-state index contributed by atoms with van der Waals surface area (Å²) in [5.74, 6) is 1.10. The van der Waals surface area contributed by atoms with Crippen LogP contribution >= 0.6 is 0 Å². The zero-order valence-corrected chi connectivity index (χ0v) is 15.1. The number of benzene rings is 2. The lowest BCUT2D eigenvalue weighted by molar-refractivity contribution is 0.0954. The van der Waals surface area contributed by atoms with Crippen LogP contribution in [0.15, 0.2) is 47.4 Å². The molecule has 0 aliphatic carbocycles. The molecule has 0 bridgehead atoms. The number of carbonyl (C=O) groups is 1. The highest BCUT2D eigenvalue weighted by Gasteiger charge is 2.16. The normalized spacial score (nSPS) is 12.8. The lowest BCUT2D eigenvalue weighted by Gasteiger charge is -2.08. The van der Waals surface area contributed by atoms with Crippen LogP contribution in [0.5, 0.6) is 11.5 Å². The molecule has 0 unspecified atom stereocenters. The van der Waals surface area contributed by atoms with Crippen LogP contribution < -0.4 is 19.5 Å². The highest BCUT2D eigenvalue weighted by Crippen LogP contribution is 2.32. The molecule has 2 aromatic rings. The number of sulfonamides is 1. The van der Waals surface area contributed by atoms with E-state index >= 15 is 0 Å². The topological polar surface area (TPSA) is 93.7 Å². The molecule has 0 aromatic heterocycles. The number of hydrogen-bond acceptors (Lipinski definition) is 5. The van der Waals surface area contributed by atoms with E-state index in [1.165, 1.54) is 12.1 Å². The first kappa shape index (κ1) is 18.2. The first-order valence-electron chi connectivity index (χ1n) is 8.26. The van der Waals surface area contributed by atoms with Gasteiger partial charge in [0.2, 0.25) is 16.8 Å². The average Bonchev–Trinajstić information content (AvgIpc) is 3.09. The lowest BCUT2D eigenvalue weighted by atomic mass is 10.1. The van der Waals surface area contributed by atoms with E-state index in [9.17, 15) is 13.2 Å². The van der Waals surface area contributed by atoms with Gasteiger partial charge in [-0.1, -0.05) is 19.1 Å². The number of fused-ring (bicyclic) bond motifs is 1. The number of hydrogen-bond donors (Lipinski definition) is 2. The quantitative estimate of drug-likeness (QED) is 0.767. The summed E-state index contributed by atoms with van der Waals surface area (Å²) < 4.78 is 37.1. The molecule has 0 radical (unpaired) electrons. The van der Waals surface area contributed by atoms with Crippen molar-refractivity contribution in [2.24, 2.45) is 0 Å². The third kappa shape index (κ3) is 4.14. The molecule has 7 nitrogen and oxygen atoms in total. The standard InChI is InChI=1S/C18H20N2O5S/c1-2-20-26(22,23)15-5-3-4-14(11-15)18(21)19-9-8-13-6-7-16-17(10-13)25-12-24-16/h3-7,10-11,20H,2,8-9,12H2,1H3,(H,19,21). The summed E-state index contributed by atoms with van der Waals surface area (Å²) in [5.41, 5.74) is 1.31.